The highest BCUT2D eigenvalue weighted by Crippen LogP contribution is 2.36. The van der Waals surface area contributed by atoms with Crippen LogP contribution in [-0.4, -0.2) is 19.0 Å². The number of ether oxygens (including phenoxy) is 1. The number of methoxy groups -OCH3 is 1. The molecule has 0 spiro atoms. The Morgan fingerprint density at radius 2 is 1.65 bits per heavy atom. The molecule has 0 bridgehead atoms. The number of hydrogen-bond donors (Lipinski definition) is 1. The first kappa shape index (κ1) is 22.5. The van der Waals surface area contributed by atoms with Crippen molar-refractivity contribution in [2.24, 2.45) is 0 Å². The second kappa shape index (κ2) is 9.31. The number of nitrogens with one attached hydrogen (secondary N) is 1. The van der Waals surface area contributed by atoms with Gasteiger partial charge in [-0.2, -0.15) is 0 Å². The van der Waals surface area contributed by atoms with Crippen LogP contribution in [0.25, 0.3) is 17.2 Å². The Bertz CT molecular complexity index is 1100. The van der Waals surface area contributed by atoms with Crippen molar-refractivity contribution < 1.29 is 14.3 Å². The van der Waals surface area contributed by atoms with Gasteiger partial charge in [-0.1, -0.05) is 74.9 Å². The summed E-state index contributed by atoms with van der Waals surface area (Å²) >= 11 is 1.31. The van der Waals surface area contributed by atoms with Gasteiger partial charge in [-0.3, -0.25) is 4.79 Å². The number of esters is 1. The molecule has 1 N–H and O–H groups in total. The lowest BCUT2D eigenvalue weighted by Gasteiger charge is -2.18. The van der Waals surface area contributed by atoms with Crippen molar-refractivity contribution in [3.05, 3.63) is 82.2 Å². The third-order valence-electron chi connectivity index (χ3n) is 4.98. The second-order valence-electron chi connectivity index (χ2n) is 8.41. The van der Waals surface area contributed by atoms with E-state index in [0.717, 1.165) is 22.3 Å². The molecule has 5 heteroatoms. The standard InChI is InChI=1S/C26H27NO3S/c1-17-6-11-19(12-7-17)21-16-31-24(23(21)25(29)30-5)27-22(28)15-10-18-8-13-20(14-9-18)26(2,3)4/h6-16H,1-5H3,(H,27,28)/b15-10-. The zero-order valence-corrected chi connectivity index (χ0v) is 19.3. The summed E-state index contributed by atoms with van der Waals surface area (Å²) in [6.07, 6.45) is 3.23. The van der Waals surface area contributed by atoms with Crippen molar-refractivity contribution >= 4 is 34.3 Å². The Balaban J connectivity index is 1.80. The van der Waals surface area contributed by atoms with E-state index in [1.807, 2.05) is 48.7 Å². The quantitative estimate of drug-likeness (QED) is 0.371. The molecule has 0 unspecified atom stereocenters. The van der Waals surface area contributed by atoms with E-state index in [2.05, 4.69) is 38.2 Å². The van der Waals surface area contributed by atoms with Gasteiger partial charge in [-0.25, -0.2) is 4.79 Å². The highest BCUT2D eigenvalue weighted by Gasteiger charge is 2.22. The molecule has 160 valence electrons. The van der Waals surface area contributed by atoms with E-state index in [0.29, 0.717) is 10.6 Å². The van der Waals surface area contributed by atoms with Crippen LogP contribution in [0.1, 0.15) is 47.8 Å². The van der Waals surface area contributed by atoms with Crippen LogP contribution in [0, 0.1) is 6.92 Å². The number of thiophene rings is 1. The topological polar surface area (TPSA) is 55.4 Å². The molecule has 0 atom stereocenters. The Hall–Kier alpha value is -3.18. The fourth-order valence-electron chi connectivity index (χ4n) is 3.12. The number of carbonyl (C=O) groups excluding carboxylic acids is 2. The van der Waals surface area contributed by atoms with Gasteiger partial charge in [0, 0.05) is 17.0 Å². The minimum atomic E-state index is -0.478. The molecule has 0 aliphatic rings. The lowest BCUT2D eigenvalue weighted by Crippen LogP contribution is -2.11. The van der Waals surface area contributed by atoms with Gasteiger partial charge in [0.2, 0.25) is 5.91 Å². The van der Waals surface area contributed by atoms with Crippen LogP contribution < -0.4 is 5.32 Å². The van der Waals surface area contributed by atoms with Crippen LogP contribution in [0.3, 0.4) is 0 Å². The molecule has 3 aromatic rings. The molecular formula is C26H27NO3S. The van der Waals surface area contributed by atoms with E-state index in [1.54, 1.807) is 6.08 Å². The lowest BCUT2D eigenvalue weighted by atomic mass is 9.87. The number of hydrogen-bond acceptors (Lipinski definition) is 4. The van der Waals surface area contributed by atoms with Crippen LogP contribution in [-0.2, 0) is 14.9 Å². The van der Waals surface area contributed by atoms with Crippen molar-refractivity contribution in [3.63, 3.8) is 0 Å². The third kappa shape index (κ3) is 5.50. The SMILES string of the molecule is COC(=O)c1c(-c2ccc(C)cc2)csc1NC(=O)/C=C\c1ccc(C(C)(C)C)cc1. The molecule has 0 aliphatic heterocycles. The van der Waals surface area contributed by atoms with Gasteiger partial charge >= 0.3 is 5.97 Å². The highest BCUT2D eigenvalue weighted by atomic mass is 32.1. The average molecular weight is 434 g/mol. The first-order chi connectivity index (χ1) is 14.7. The summed E-state index contributed by atoms with van der Waals surface area (Å²) in [6.45, 7) is 8.50. The van der Waals surface area contributed by atoms with Crippen LogP contribution in [0.5, 0.6) is 0 Å². The maximum atomic E-state index is 12.5. The average Bonchev–Trinajstić information content (AvgIpc) is 3.15. The molecule has 0 fully saturated rings. The number of amides is 1. The largest absolute Gasteiger partial charge is 0.465 e. The van der Waals surface area contributed by atoms with E-state index >= 15 is 0 Å². The van der Waals surface area contributed by atoms with Crippen LogP contribution >= 0.6 is 11.3 Å². The van der Waals surface area contributed by atoms with E-state index < -0.39 is 5.97 Å². The summed E-state index contributed by atoms with van der Waals surface area (Å²) in [5, 5.41) is 5.16. The predicted molar refractivity (Wildman–Crippen MR) is 129 cm³/mol. The summed E-state index contributed by atoms with van der Waals surface area (Å²) in [6, 6.07) is 16.0. The summed E-state index contributed by atoms with van der Waals surface area (Å²) in [7, 11) is 1.34. The lowest BCUT2D eigenvalue weighted by molar-refractivity contribution is -0.111. The van der Waals surface area contributed by atoms with E-state index in [-0.39, 0.29) is 11.3 Å². The van der Waals surface area contributed by atoms with Gasteiger partial charge in [0.1, 0.15) is 10.6 Å². The van der Waals surface area contributed by atoms with E-state index in [1.165, 1.54) is 30.1 Å². The molecule has 0 radical (unpaired) electrons. The monoisotopic (exact) mass is 433 g/mol. The molecule has 2 aromatic carbocycles. The first-order valence-corrected chi connectivity index (χ1v) is 10.9. The van der Waals surface area contributed by atoms with Crippen molar-refractivity contribution in [2.75, 3.05) is 12.4 Å². The number of aryl methyl sites for hydroxylation is 1. The first-order valence-electron chi connectivity index (χ1n) is 10.1. The summed E-state index contributed by atoms with van der Waals surface area (Å²) in [4.78, 5) is 25.0. The number of anilines is 1. The van der Waals surface area contributed by atoms with Crippen molar-refractivity contribution in [1.82, 2.24) is 0 Å². The van der Waals surface area contributed by atoms with Gasteiger partial charge < -0.3 is 10.1 Å². The Morgan fingerprint density at radius 1 is 1.00 bits per heavy atom. The van der Waals surface area contributed by atoms with E-state index in [4.69, 9.17) is 4.74 Å². The second-order valence-corrected chi connectivity index (χ2v) is 9.29. The van der Waals surface area contributed by atoms with Gasteiger partial charge in [0.25, 0.3) is 0 Å². The minimum Gasteiger partial charge on any atom is -0.465 e. The van der Waals surface area contributed by atoms with Gasteiger partial charge in [-0.05, 0) is 35.1 Å². The Kier molecular flexibility index (Phi) is 6.76. The van der Waals surface area contributed by atoms with Gasteiger partial charge in [0.05, 0.1) is 7.11 Å². The van der Waals surface area contributed by atoms with Crippen LogP contribution in [0.4, 0.5) is 5.00 Å². The zero-order chi connectivity index (χ0) is 22.6. The molecule has 4 nitrogen and oxygen atoms in total. The fraction of sp³-hybridized carbons (Fsp3) is 0.231. The molecular weight excluding hydrogens is 406 g/mol. The van der Waals surface area contributed by atoms with Crippen LogP contribution in [0.2, 0.25) is 0 Å². The van der Waals surface area contributed by atoms with Crippen molar-refractivity contribution in [2.45, 2.75) is 33.1 Å². The zero-order valence-electron chi connectivity index (χ0n) is 18.5. The predicted octanol–water partition coefficient (Wildman–Crippen LogP) is 6.46. The molecule has 1 aromatic heterocycles. The number of carbonyl (C=O) groups is 2. The molecule has 31 heavy (non-hydrogen) atoms. The Morgan fingerprint density at radius 3 is 2.23 bits per heavy atom. The normalized spacial score (nSPS) is 11.5. The maximum Gasteiger partial charge on any atom is 0.341 e. The maximum absolute atomic E-state index is 12.5. The van der Waals surface area contributed by atoms with Gasteiger partial charge in [0.15, 0.2) is 0 Å². The van der Waals surface area contributed by atoms with E-state index in [9.17, 15) is 9.59 Å². The van der Waals surface area contributed by atoms with Crippen molar-refractivity contribution in [3.8, 4) is 11.1 Å². The summed E-state index contributed by atoms with van der Waals surface area (Å²) in [5.74, 6) is -0.781. The summed E-state index contributed by atoms with van der Waals surface area (Å²) < 4.78 is 4.97. The van der Waals surface area contributed by atoms with Crippen LogP contribution in [0.15, 0.2) is 60.0 Å². The van der Waals surface area contributed by atoms with Gasteiger partial charge in [-0.15, -0.1) is 11.3 Å². The highest BCUT2D eigenvalue weighted by molar-refractivity contribution is 7.15. The molecule has 1 amide bonds. The molecule has 0 saturated heterocycles. The molecule has 3 rings (SSSR count). The summed E-state index contributed by atoms with van der Waals surface area (Å²) in [5.41, 5.74) is 5.39. The number of rotatable bonds is 5. The smallest absolute Gasteiger partial charge is 0.341 e. The molecule has 0 aliphatic carbocycles. The fourth-order valence-corrected chi connectivity index (χ4v) is 4.08. The van der Waals surface area contributed by atoms with Crippen molar-refractivity contribution in [1.29, 1.82) is 0 Å². The molecule has 1 heterocycles. The molecule has 0 saturated carbocycles. The number of benzene rings is 2. The minimum absolute atomic E-state index is 0.0816. The third-order valence-corrected chi connectivity index (χ3v) is 5.88. The Labute approximate surface area is 187 Å².